The summed E-state index contributed by atoms with van der Waals surface area (Å²) in [6, 6.07) is 0. The Kier molecular flexibility index (Phi) is 20.1. The van der Waals surface area contributed by atoms with Gasteiger partial charge in [0.1, 0.15) is 0 Å². The van der Waals surface area contributed by atoms with Crippen molar-refractivity contribution in [3.63, 3.8) is 0 Å². The molecule has 0 rings (SSSR count). The van der Waals surface area contributed by atoms with E-state index in [1.54, 1.807) is 0 Å². The number of aliphatic hydroxyl groups excluding tert-OH is 1. The number of hydrogen-bond acceptors (Lipinski definition) is 4. The zero-order valence-corrected chi connectivity index (χ0v) is 18.1. The molecule has 0 heterocycles. The predicted molar refractivity (Wildman–Crippen MR) is 90.9 cm³/mol. The molecule has 0 bridgehead atoms. The van der Waals surface area contributed by atoms with Crippen LogP contribution in [0.1, 0.15) is 96.8 Å². The van der Waals surface area contributed by atoms with Crippen LogP contribution in [0.25, 0.3) is 0 Å². The van der Waals surface area contributed by atoms with E-state index in [2.05, 4.69) is 6.92 Å². The van der Waals surface area contributed by atoms with Crippen molar-refractivity contribution in [2.24, 2.45) is 0 Å². The number of aliphatic hydroxyl groups is 1. The first kappa shape index (κ1) is 26.1. The van der Waals surface area contributed by atoms with Crippen molar-refractivity contribution >= 4 is 10.1 Å². The van der Waals surface area contributed by atoms with E-state index < -0.39 is 15.4 Å². The standard InChI is InChI=1S/C17H36O4S.Na/c1-2-3-4-8-11-14-17(22(19,20)21)15-12-9-6-5-7-10-13-16-18;/h17-18H,2-16H2,1H3,(H,19,20,21);/q;+1/p-1. The number of hydrogen-bond donors (Lipinski definition) is 1. The second kappa shape index (κ2) is 17.7. The van der Waals surface area contributed by atoms with E-state index in [9.17, 15) is 13.0 Å². The van der Waals surface area contributed by atoms with Crippen molar-refractivity contribution in [2.45, 2.75) is 102 Å². The van der Waals surface area contributed by atoms with Gasteiger partial charge in [-0.15, -0.1) is 0 Å². The molecule has 0 saturated heterocycles. The van der Waals surface area contributed by atoms with Crippen LogP contribution in [0.15, 0.2) is 0 Å². The Morgan fingerprint density at radius 1 is 0.783 bits per heavy atom. The Labute approximate surface area is 165 Å². The summed E-state index contributed by atoms with van der Waals surface area (Å²) in [5.41, 5.74) is 0. The van der Waals surface area contributed by atoms with Crippen LogP contribution < -0.4 is 29.6 Å². The van der Waals surface area contributed by atoms with E-state index in [1.807, 2.05) is 0 Å². The molecule has 0 fully saturated rings. The SMILES string of the molecule is CCCCCCCC(CCCCCCCCCO)S(=O)(=O)[O-].[Na+]. The zero-order chi connectivity index (χ0) is 16.7. The summed E-state index contributed by atoms with van der Waals surface area (Å²) < 4.78 is 33.9. The molecule has 134 valence electrons. The van der Waals surface area contributed by atoms with Gasteiger partial charge in [0.25, 0.3) is 0 Å². The smallest absolute Gasteiger partial charge is 0.748 e. The van der Waals surface area contributed by atoms with Gasteiger partial charge in [0.15, 0.2) is 0 Å². The molecule has 0 aromatic heterocycles. The maximum Gasteiger partial charge on any atom is 1.00 e. The summed E-state index contributed by atoms with van der Waals surface area (Å²) in [6.07, 6.45) is 13.5. The fraction of sp³-hybridized carbons (Fsp3) is 1.00. The van der Waals surface area contributed by atoms with E-state index in [-0.39, 0.29) is 36.2 Å². The van der Waals surface area contributed by atoms with Crippen LogP contribution in [0.2, 0.25) is 0 Å². The van der Waals surface area contributed by atoms with Crippen LogP contribution >= 0.6 is 0 Å². The van der Waals surface area contributed by atoms with Crippen molar-refractivity contribution in [1.82, 2.24) is 0 Å². The van der Waals surface area contributed by atoms with Gasteiger partial charge in [0, 0.05) is 11.9 Å². The molecule has 0 amide bonds. The molecule has 0 aliphatic carbocycles. The molecule has 4 nitrogen and oxygen atoms in total. The van der Waals surface area contributed by atoms with Crippen LogP contribution in [0.3, 0.4) is 0 Å². The van der Waals surface area contributed by atoms with Gasteiger partial charge < -0.3 is 9.66 Å². The average molecular weight is 359 g/mol. The molecular weight excluding hydrogens is 323 g/mol. The molecule has 23 heavy (non-hydrogen) atoms. The van der Waals surface area contributed by atoms with Gasteiger partial charge in [-0.2, -0.15) is 0 Å². The molecule has 0 saturated carbocycles. The molecule has 6 heteroatoms. The molecule has 1 N–H and O–H groups in total. The molecule has 0 spiro atoms. The monoisotopic (exact) mass is 358 g/mol. The minimum atomic E-state index is -4.14. The van der Waals surface area contributed by atoms with Gasteiger partial charge in [-0.25, -0.2) is 8.42 Å². The summed E-state index contributed by atoms with van der Waals surface area (Å²) in [5, 5.41) is 8.00. The Balaban J connectivity index is 0. The first-order valence-electron chi connectivity index (χ1n) is 9.08. The minimum Gasteiger partial charge on any atom is -0.748 e. The van der Waals surface area contributed by atoms with Gasteiger partial charge >= 0.3 is 29.6 Å². The third-order valence-electron chi connectivity index (χ3n) is 4.22. The van der Waals surface area contributed by atoms with E-state index in [1.165, 1.54) is 12.8 Å². The van der Waals surface area contributed by atoms with Crippen molar-refractivity contribution in [2.75, 3.05) is 6.61 Å². The quantitative estimate of drug-likeness (QED) is 0.257. The van der Waals surface area contributed by atoms with Crippen molar-refractivity contribution in [3.8, 4) is 0 Å². The molecule has 0 radical (unpaired) electrons. The topological polar surface area (TPSA) is 77.4 Å². The molecule has 0 aliphatic rings. The summed E-state index contributed by atoms with van der Waals surface area (Å²) in [7, 11) is -4.14. The number of unbranched alkanes of at least 4 members (excludes halogenated alkanes) is 10. The average Bonchev–Trinajstić information content (AvgIpc) is 2.46. The van der Waals surface area contributed by atoms with Crippen molar-refractivity contribution < 1.29 is 47.6 Å². The Morgan fingerprint density at radius 2 is 1.17 bits per heavy atom. The van der Waals surface area contributed by atoms with Gasteiger partial charge in [-0.3, -0.25) is 0 Å². The van der Waals surface area contributed by atoms with E-state index in [0.717, 1.165) is 64.2 Å². The van der Waals surface area contributed by atoms with E-state index >= 15 is 0 Å². The molecule has 1 unspecified atom stereocenters. The minimum absolute atomic E-state index is 0. The fourth-order valence-electron chi connectivity index (χ4n) is 2.78. The second-order valence-corrected chi connectivity index (χ2v) is 7.96. The first-order chi connectivity index (χ1) is 10.5. The van der Waals surface area contributed by atoms with Crippen LogP contribution in [0.4, 0.5) is 0 Å². The number of rotatable bonds is 16. The Hall–Kier alpha value is 0.870. The van der Waals surface area contributed by atoms with Crippen LogP contribution in [-0.4, -0.2) is 29.9 Å². The molecule has 0 aromatic carbocycles. The summed E-state index contributed by atoms with van der Waals surface area (Å²) in [5.74, 6) is 0. The maximum atomic E-state index is 11.3. The maximum absolute atomic E-state index is 11.3. The van der Waals surface area contributed by atoms with Crippen LogP contribution in [0, 0.1) is 0 Å². The summed E-state index contributed by atoms with van der Waals surface area (Å²) in [6.45, 7) is 2.41. The third kappa shape index (κ3) is 17.5. The fourth-order valence-corrected chi connectivity index (χ4v) is 3.69. The zero-order valence-electron chi connectivity index (χ0n) is 15.3. The Morgan fingerprint density at radius 3 is 1.57 bits per heavy atom. The van der Waals surface area contributed by atoms with E-state index in [4.69, 9.17) is 5.11 Å². The van der Waals surface area contributed by atoms with E-state index in [0.29, 0.717) is 12.8 Å². The predicted octanol–water partition coefficient (Wildman–Crippen LogP) is 1.38. The van der Waals surface area contributed by atoms with Crippen LogP contribution in [-0.2, 0) is 10.1 Å². The second-order valence-electron chi connectivity index (χ2n) is 6.30. The van der Waals surface area contributed by atoms with Crippen molar-refractivity contribution in [3.05, 3.63) is 0 Å². The van der Waals surface area contributed by atoms with Gasteiger partial charge in [0.2, 0.25) is 0 Å². The van der Waals surface area contributed by atoms with Crippen LogP contribution in [0.5, 0.6) is 0 Å². The summed E-state index contributed by atoms with van der Waals surface area (Å²) >= 11 is 0. The van der Waals surface area contributed by atoms with Gasteiger partial charge in [-0.05, 0) is 19.3 Å². The first-order valence-corrected chi connectivity index (χ1v) is 10.5. The normalized spacial score (nSPS) is 12.8. The molecule has 0 aliphatic heterocycles. The molecule has 1 atom stereocenters. The largest absolute Gasteiger partial charge is 1.00 e. The van der Waals surface area contributed by atoms with Gasteiger partial charge in [0.05, 0.1) is 10.1 Å². The third-order valence-corrected chi connectivity index (χ3v) is 5.51. The Bertz CT molecular complexity index is 333. The summed E-state index contributed by atoms with van der Waals surface area (Å²) in [4.78, 5) is 0. The van der Waals surface area contributed by atoms with Gasteiger partial charge in [-0.1, -0.05) is 77.6 Å². The van der Waals surface area contributed by atoms with Crippen molar-refractivity contribution in [1.29, 1.82) is 0 Å². The molecule has 0 aromatic rings. The molecular formula is C17H35NaO4S.